The number of rotatable bonds is 3. The Morgan fingerprint density at radius 2 is 2.23 bits per heavy atom. The minimum atomic E-state index is -2.22. The van der Waals surface area contributed by atoms with Gasteiger partial charge in [-0.2, -0.15) is 0 Å². The number of alkyl halides is 2. The monoisotopic (exact) mass is 192 g/mol. The summed E-state index contributed by atoms with van der Waals surface area (Å²) in [6, 6.07) is 0. The van der Waals surface area contributed by atoms with Gasteiger partial charge in [0.1, 0.15) is 0 Å². The van der Waals surface area contributed by atoms with Gasteiger partial charge in [0.15, 0.2) is 0 Å². The molecule has 0 bridgehead atoms. The Hall–Kier alpha value is -0.220. The summed E-state index contributed by atoms with van der Waals surface area (Å²) in [5.41, 5.74) is 5.57. The first-order chi connectivity index (χ1) is 6.13. The summed E-state index contributed by atoms with van der Waals surface area (Å²) >= 11 is 0. The SMILES string of the molecule is CC1CCN(CC(F)F)CC1CN. The molecule has 1 fully saturated rings. The molecular weight excluding hydrogens is 174 g/mol. The fourth-order valence-electron chi connectivity index (χ4n) is 1.89. The molecule has 2 N–H and O–H groups in total. The molecule has 2 nitrogen and oxygen atoms in total. The summed E-state index contributed by atoms with van der Waals surface area (Å²) in [6.45, 7) is 4.20. The van der Waals surface area contributed by atoms with Gasteiger partial charge in [-0.3, -0.25) is 4.90 Å². The smallest absolute Gasteiger partial charge is 0.251 e. The summed E-state index contributed by atoms with van der Waals surface area (Å²) in [5, 5.41) is 0. The second-order valence-corrected chi connectivity index (χ2v) is 3.91. The van der Waals surface area contributed by atoms with Crippen LogP contribution in [0.5, 0.6) is 0 Å². The highest BCUT2D eigenvalue weighted by molar-refractivity contribution is 4.78. The van der Waals surface area contributed by atoms with Gasteiger partial charge in [-0.05, 0) is 31.3 Å². The third kappa shape index (κ3) is 3.19. The molecular formula is C9H18F2N2. The molecule has 1 aliphatic heterocycles. The highest BCUT2D eigenvalue weighted by Crippen LogP contribution is 2.22. The van der Waals surface area contributed by atoms with Crippen LogP contribution >= 0.6 is 0 Å². The molecule has 0 radical (unpaired) electrons. The van der Waals surface area contributed by atoms with Crippen LogP contribution in [-0.2, 0) is 0 Å². The Morgan fingerprint density at radius 1 is 1.54 bits per heavy atom. The number of halogens is 2. The average molecular weight is 192 g/mol. The molecule has 13 heavy (non-hydrogen) atoms. The minimum Gasteiger partial charge on any atom is -0.330 e. The topological polar surface area (TPSA) is 29.3 Å². The third-order valence-corrected chi connectivity index (χ3v) is 2.90. The molecule has 2 unspecified atom stereocenters. The van der Waals surface area contributed by atoms with Crippen molar-refractivity contribution in [1.29, 1.82) is 0 Å². The number of likely N-dealkylation sites (tertiary alicyclic amines) is 1. The van der Waals surface area contributed by atoms with Gasteiger partial charge >= 0.3 is 0 Å². The van der Waals surface area contributed by atoms with Gasteiger partial charge in [0, 0.05) is 6.54 Å². The van der Waals surface area contributed by atoms with E-state index < -0.39 is 6.43 Å². The maximum absolute atomic E-state index is 12.1. The lowest BCUT2D eigenvalue weighted by atomic mass is 9.87. The Kier molecular flexibility index (Phi) is 4.06. The van der Waals surface area contributed by atoms with Crippen molar-refractivity contribution in [3.8, 4) is 0 Å². The minimum absolute atomic E-state index is 0.0940. The summed E-state index contributed by atoms with van der Waals surface area (Å²) in [4.78, 5) is 1.82. The normalized spacial score (nSPS) is 31.2. The molecule has 0 amide bonds. The number of piperidine rings is 1. The van der Waals surface area contributed by atoms with E-state index in [0.29, 0.717) is 18.4 Å². The van der Waals surface area contributed by atoms with E-state index >= 15 is 0 Å². The summed E-state index contributed by atoms with van der Waals surface area (Å²) in [7, 11) is 0. The van der Waals surface area contributed by atoms with Crippen molar-refractivity contribution < 1.29 is 8.78 Å². The van der Waals surface area contributed by atoms with E-state index in [1.807, 2.05) is 4.90 Å². The second-order valence-electron chi connectivity index (χ2n) is 3.91. The van der Waals surface area contributed by atoms with Crippen LogP contribution in [0.3, 0.4) is 0 Å². The molecule has 0 aliphatic carbocycles. The van der Waals surface area contributed by atoms with Crippen LogP contribution in [0.25, 0.3) is 0 Å². The van der Waals surface area contributed by atoms with E-state index in [2.05, 4.69) is 6.92 Å². The van der Waals surface area contributed by atoms with E-state index in [-0.39, 0.29) is 6.54 Å². The zero-order valence-electron chi connectivity index (χ0n) is 8.05. The molecule has 78 valence electrons. The first-order valence-corrected chi connectivity index (χ1v) is 4.84. The molecule has 1 rings (SSSR count). The zero-order chi connectivity index (χ0) is 9.84. The predicted molar refractivity (Wildman–Crippen MR) is 48.8 cm³/mol. The Balaban J connectivity index is 2.36. The molecule has 4 heteroatoms. The van der Waals surface area contributed by atoms with Gasteiger partial charge in [0.25, 0.3) is 6.43 Å². The highest BCUT2D eigenvalue weighted by atomic mass is 19.3. The van der Waals surface area contributed by atoms with Crippen molar-refractivity contribution in [2.75, 3.05) is 26.2 Å². The van der Waals surface area contributed by atoms with Crippen LogP contribution in [-0.4, -0.2) is 37.5 Å². The number of hydrogen-bond donors (Lipinski definition) is 1. The number of nitrogens with zero attached hydrogens (tertiary/aromatic N) is 1. The summed E-state index contributed by atoms with van der Waals surface area (Å²) in [6.07, 6.45) is -1.22. The van der Waals surface area contributed by atoms with E-state index in [1.54, 1.807) is 0 Å². The predicted octanol–water partition coefficient (Wildman–Crippen LogP) is 1.17. The molecule has 0 aromatic heterocycles. The number of nitrogens with two attached hydrogens (primary N) is 1. The molecule has 0 aromatic carbocycles. The summed E-state index contributed by atoms with van der Waals surface area (Å²) < 4.78 is 24.1. The average Bonchev–Trinajstić information content (AvgIpc) is 2.07. The largest absolute Gasteiger partial charge is 0.330 e. The van der Waals surface area contributed by atoms with Crippen LogP contribution in [0, 0.1) is 11.8 Å². The Labute approximate surface area is 78.1 Å². The van der Waals surface area contributed by atoms with Crippen molar-refractivity contribution in [3.63, 3.8) is 0 Å². The maximum atomic E-state index is 12.1. The van der Waals surface area contributed by atoms with Crippen LogP contribution in [0.1, 0.15) is 13.3 Å². The molecule has 0 aromatic rings. The maximum Gasteiger partial charge on any atom is 0.251 e. The van der Waals surface area contributed by atoms with Gasteiger partial charge in [0.05, 0.1) is 6.54 Å². The zero-order valence-corrected chi connectivity index (χ0v) is 8.05. The van der Waals surface area contributed by atoms with Gasteiger partial charge in [-0.25, -0.2) is 8.78 Å². The van der Waals surface area contributed by atoms with Crippen LogP contribution < -0.4 is 5.73 Å². The van der Waals surface area contributed by atoms with Gasteiger partial charge in [-0.1, -0.05) is 6.92 Å². The van der Waals surface area contributed by atoms with E-state index in [4.69, 9.17) is 5.73 Å². The fraction of sp³-hybridized carbons (Fsp3) is 1.00. The second kappa shape index (κ2) is 4.86. The van der Waals surface area contributed by atoms with E-state index in [1.165, 1.54) is 0 Å². The summed E-state index contributed by atoms with van der Waals surface area (Å²) in [5.74, 6) is 0.978. The first-order valence-electron chi connectivity index (χ1n) is 4.84. The van der Waals surface area contributed by atoms with E-state index in [9.17, 15) is 8.78 Å². The van der Waals surface area contributed by atoms with Crippen LogP contribution in [0.15, 0.2) is 0 Å². The van der Waals surface area contributed by atoms with Crippen molar-refractivity contribution in [3.05, 3.63) is 0 Å². The van der Waals surface area contributed by atoms with Crippen molar-refractivity contribution in [2.24, 2.45) is 17.6 Å². The lowest BCUT2D eigenvalue weighted by Gasteiger charge is -2.36. The third-order valence-electron chi connectivity index (χ3n) is 2.90. The first kappa shape index (κ1) is 10.9. The molecule has 1 aliphatic rings. The fourth-order valence-corrected chi connectivity index (χ4v) is 1.89. The lowest BCUT2D eigenvalue weighted by molar-refractivity contribution is 0.0515. The van der Waals surface area contributed by atoms with Crippen LogP contribution in [0.4, 0.5) is 8.78 Å². The Bertz CT molecular complexity index is 153. The van der Waals surface area contributed by atoms with Gasteiger partial charge < -0.3 is 5.73 Å². The quantitative estimate of drug-likeness (QED) is 0.727. The highest BCUT2D eigenvalue weighted by Gasteiger charge is 2.26. The lowest BCUT2D eigenvalue weighted by Crippen LogP contribution is -2.44. The molecule has 0 spiro atoms. The standard InChI is InChI=1S/C9H18F2N2/c1-7-2-3-13(6-9(10)11)5-8(7)4-12/h7-9H,2-6,12H2,1H3. The van der Waals surface area contributed by atoms with Crippen molar-refractivity contribution in [2.45, 2.75) is 19.8 Å². The van der Waals surface area contributed by atoms with Crippen LogP contribution in [0.2, 0.25) is 0 Å². The van der Waals surface area contributed by atoms with E-state index in [0.717, 1.165) is 19.5 Å². The van der Waals surface area contributed by atoms with Crippen molar-refractivity contribution in [1.82, 2.24) is 4.90 Å². The molecule has 1 saturated heterocycles. The number of hydrogen-bond acceptors (Lipinski definition) is 2. The molecule has 2 atom stereocenters. The van der Waals surface area contributed by atoms with Crippen molar-refractivity contribution >= 4 is 0 Å². The molecule has 1 heterocycles. The molecule has 0 saturated carbocycles. The van der Waals surface area contributed by atoms with Gasteiger partial charge in [-0.15, -0.1) is 0 Å². The Morgan fingerprint density at radius 3 is 2.77 bits per heavy atom. The van der Waals surface area contributed by atoms with Gasteiger partial charge in [0.2, 0.25) is 0 Å².